The molecule has 0 radical (unpaired) electrons. The summed E-state index contributed by atoms with van der Waals surface area (Å²) in [6, 6.07) is 4.28. The maximum Gasteiger partial charge on any atom is 0.189 e. The molecule has 2 rings (SSSR count). The summed E-state index contributed by atoms with van der Waals surface area (Å²) in [5.41, 5.74) is 7.06. The molecule has 0 bridgehead atoms. The highest BCUT2D eigenvalue weighted by atomic mass is 16.4. The number of oxime groups is 1. The van der Waals surface area contributed by atoms with Gasteiger partial charge in [0.2, 0.25) is 0 Å². The van der Waals surface area contributed by atoms with E-state index in [0.717, 1.165) is 5.56 Å². The Morgan fingerprint density at radius 2 is 2.32 bits per heavy atom. The average Bonchev–Trinajstić information content (AvgIpc) is 2.37. The number of rotatable bonds is 6. The Bertz CT molecular complexity index is 446. The van der Waals surface area contributed by atoms with Gasteiger partial charge in [-0.2, -0.15) is 0 Å². The van der Waals surface area contributed by atoms with Gasteiger partial charge in [0.15, 0.2) is 5.84 Å². The molecule has 0 amide bonds. The van der Waals surface area contributed by atoms with E-state index in [4.69, 9.17) is 16.0 Å². The standard InChI is InChI=1S/C13H20N4O2/c14-13(16-19)12-10(3-2-6-15-12)9-17(7-8-18)11-4-1-5-11/h2-3,6,11,18-19H,1,4-5,7-9H2,(H2,14,16). The monoisotopic (exact) mass is 264 g/mol. The predicted octanol–water partition coefficient (Wildman–Crippen LogP) is 0.523. The Morgan fingerprint density at radius 1 is 1.53 bits per heavy atom. The van der Waals surface area contributed by atoms with Crippen LogP contribution in [0.1, 0.15) is 30.5 Å². The van der Waals surface area contributed by atoms with Crippen molar-refractivity contribution in [2.45, 2.75) is 31.8 Å². The second-order valence-corrected chi connectivity index (χ2v) is 4.78. The van der Waals surface area contributed by atoms with E-state index in [1.165, 1.54) is 19.3 Å². The lowest BCUT2D eigenvalue weighted by Crippen LogP contribution is -2.41. The van der Waals surface area contributed by atoms with E-state index in [2.05, 4.69) is 15.0 Å². The van der Waals surface area contributed by atoms with Crippen molar-refractivity contribution in [3.05, 3.63) is 29.6 Å². The zero-order valence-electron chi connectivity index (χ0n) is 10.9. The van der Waals surface area contributed by atoms with Gasteiger partial charge in [-0.05, 0) is 24.5 Å². The summed E-state index contributed by atoms with van der Waals surface area (Å²) < 4.78 is 0. The first kappa shape index (κ1) is 13.8. The lowest BCUT2D eigenvalue weighted by atomic mass is 9.91. The van der Waals surface area contributed by atoms with Crippen molar-refractivity contribution in [1.29, 1.82) is 0 Å². The number of aromatic nitrogens is 1. The smallest absolute Gasteiger partial charge is 0.189 e. The van der Waals surface area contributed by atoms with Crippen LogP contribution in [0.25, 0.3) is 0 Å². The van der Waals surface area contributed by atoms with Gasteiger partial charge in [0.25, 0.3) is 0 Å². The largest absolute Gasteiger partial charge is 0.409 e. The van der Waals surface area contributed by atoms with Crippen molar-refractivity contribution in [1.82, 2.24) is 9.88 Å². The van der Waals surface area contributed by atoms with Crippen LogP contribution in [0.3, 0.4) is 0 Å². The first-order valence-corrected chi connectivity index (χ1v) is 6.53. The summed E-state index contributed by atoms with van der Waals surface area (Å²) in [4.78, 5) is 6.39. The van der Waals surface area contributed by atoms with E-state index < -0.39 is 0 Å². The molecule has 1 aromatic heterocycles. The molecule has 1 fully saturated rings. The molecule has 19 heavy (non-hydrogen) atoms. The second-order valence-electron chi connectivity index (χ2n) is 4.78. The summed E-state index contributed by atoms with van der Waals surface area (Å²) in [6.07, 6.45) is 5.20. The fourth-order valence-electron chi connectivity index (χ4n) is 2.33. The molecule has 0 unspecified atom stereocenters. The van der Waals surface area contributed by atoms with Crippen LogP contribution in [0.4, 0.5) is 0 Å². The van der Waals surface area contributed by atoms with Crippen LogP contribution in [0.5, 0.6) is 0 Å². The Kier molecular flexibility index (Phi) is 4.70. The van der Waals surface area contributed by atoms with Gasteiger partial charge in [-0.25, -0.2) is 0 Å². The maximum atomic E-state index is 9.16. The Labute approximate surface area is 112 Å². The van der Waals surface area contributed by atoms with E-state index in [0.29, 0.717) is 24.8 Å². The first-order valence-electron chi connectivity index (χ1n) is 6.53. The molecule has 1 heterocycles. The number of nitrogens with two attached hydrogens (primary N) is 1. The van der Waals surface area contributed by atoms with Crippen molar-refractivity contribution in [2.75, 3.05) is 13.2 Å². The summed E-state index contributed by atoms with van der Waals surface area (Å²) in [5.74, 6) is 0.0214. The first-order chi connectivity index (χ1) is 9.26. The predicted molar refractivity (Wildman–Crippen MR) is 71.9 cm³/mol. The Hall–Kier alpha value is -1.66. The minimum Gasteiger partial charge on any atom is -0.409 e. The molecule has 6 nitrogen and oxygen atoms in total. The fraction of sp³-hybridized carbons (Fsp3) is 0.538. The molecule has 0 spiro atoms. The molecule has 1 aliphatic rings. The maximum absolute atomic E-state index is 9.16. The highest BCUT2D eigenvalue weighted by Crippen LogP contribution is 2.26. The SMILES string of the molecule is N/C(=N/O)c1ncccc1CN(CCO)C1CCC1. The van der Waals surface area contributed by atoms with Gasteiger partial charge < -0.3 is 16.0 Å². The van der Waals surface area contributed by atoms with E-state index in [9.17, 15) is 0 Å². The number of nitrogens with zero attached hydrogens (tertiary/aromatic N) is 3. The minimum atomic E-state index is 0.0214. The van der Waals surface area contributed by atoms with E-state index in [1.54, 1.807) is 6.20 Å². The van der Waals surface area contributed by atoms with Crippen LogP contribution in [0.15, 0.2) is 23.5 Å². The van der Waals surface area contributed by atoms with Crippen LogP contribution in [0, 0.1) is 0 Å². The number of aliphatic hydroxyl groups is 1. The van der Waals surface area contributed by atoms with Crippen molar-refractivity contribution < 1.29 is 10.3 Å². The lowest BCUT2D eigenvalue weighted by molar-refractivity contribution is 0.0944. The minimum absolute atomic E-state index is 0.0214. The Morgan fingerprint density at radius 3 is 2.89 bits per heavy atom. The number of aliphatic hydroxyl groups excluding tert-OH is 1. The molecular formula is C13H20N4O2. The van der Waals surface area contributed by atoms with Gasteiger partial charge in [-0.3, -0.25) is 9.88 Å². The molecule has 1 aromatic rings. The molecule has 1 saturated carbocycles. The van der Waals surface area contributed by atoms with Crippen LogP contribution < -0.4 is 5.73 Å². The number of hydrogen-bond donors (Lipinski definition) is 3. The second kappa shape index (κ2) is 6.49. The normalized spacial score (nSPS) is 16.6. The summed E-state index contributed by atoms with van der Waals surface area (Å²) in [7, 11) is 0. The van der Waals surface area contributed by atoms with Crippen molar-refractivity contribution in [3.8, 4) is 0 Å². The highest BCUT2D eigenvalue weighted by molar-refractivity contribution is 5.96. The van der Waals surface area contributed by atoms with Crippen LogP contribution in [0.2, 0.25) is 0 Å². The van der Waals surface area contributed by atoms with Gasteiger partial charge in [-0.1, -0.05) is 17.6 Å². The molecular weight excluding hydrogens is 244 g/mol. The number of amidine groups is 1. The van der Waals surface area contributed by atoms with E-state index >= 15 is 0 Å². The summed E-state index contributed by atoms with van der Waals surface area (Å²) >= 11 is 0. The molecule has 4 N–H and O–H groups in total. The summed E-state index contributed by atoms with van der Waals surface area (Å²) in [5, 5.41) is 21.0. The number of hydrogen-bond acceptors (Lipinski definition) is 5. The van der Waals surface area contributed by atoms with Crippen LogP contribution in [-0.4, -0.2) is 45.2 Å². The number of pyridine rings is 1. The lowest BCUT2D eigenvalue weighted by Gasteiger charge is -2.37. The molecule has 0 aliphatic heterocycles. The van der Waals surface area contributed by atoms with Gasteiger partial charge in [0.05, 0.1) is 6.61 Å². The van der Waals surface area contributed by atoms with Gasteiger partial charge in [0.1, 0.15) is 5.69 Å². The van der Waals surface area contributed by atoms with E-state index in [-0.39, 0.29) is 12.4 Å². The van der Waals surface area contributed by atoms with Gasteiger partial charge >= 0.3 is 0 Å². The van der Waals surface area contributed by atoms with Crippen molar-refractivity contribution >= 4 is 5.84 Å². The van der Waals surface area contributed by atoms with Crippen LogP contribution >= 0.6 is 0 Å². The molecule has 0 atom stereocenters. The van der Waals surface area contributed by atoms with E-state index in [1.807, 2.05) is 12.1 Å². The zero-order chi connectivity index (χ0) is 13.7. The molecule has 104 valence electrons. The molecule has 1 aliphatic carbocycles. The third-order valence-corrected chi connectivity index (χ3v) is 3.59. The van der Waals surface area contributed by atoms with Crippen molar-refractivity contribution in [3.63, 3.8) is 0 Å². The molecule has 0 aromatic carbocycles. The third-order valence-electron chi connectivity index (χ3n) is 3.59. The summed E-state index contributed by atoms with van der Waals surface area (Å²) in [6.45, 7) is 1.43. The molecule has 0 saturated heterocycles. The molecule has 6 heteroatoms. The third kappa shape index (κ3) is 3.21. The fourth-order valence-corrected chi connectivity index (χ4v) is 2.33. The Balaban J connectivity index is 2.16. The zero-order valence-corrected chi connectivity index (χ0v) is 10.9. The van der Waals surface area contributed by atoms with Crippen molar-refractivity contribution in [2.24, 2.45) is 10.9 Å². The highest BCUT2D eigenvalue weighted by Gasteiger charge is 2.25. The topological polar surface area (TPSA) is 95.0 Å². The quantitative estimate of drug-likeness (QED) is 0.301. The van der Waals surface area contributed by atoms with Gasteiger partial charge in [-0.15, -0.1) is 0 Å². The van der Waals surface area contributed by atoms with Crippen LogP contribution in [-0.2, 0) is 6.54 Å². The van der Waals surface area contributed by atoms with Gasteiger partial charge in [0, 0.05) is 25.3 Å². The average molecular weight is 264 g/mol.